The number of ether oxygens (including phenoxy) is 1. The molecule has 0 amide bonds. The van der Waals surface area contributed by atoms with E-state index in [9.17, 15) is 0 Å². The van der Waals surface area contributed by atoms with Crippen LogP contribution in [0.25, 0.3) is 0 Å². The van der Waals surface area contributed by atoms with Gasteiger partial charge in [-0.15, -0.1) is 0 Å². The summed E-state index contributed by atoms with van der Waals surface area (Å²) in [7, 11) is 0. The maximum absolute atomic E-state index is 5.54. The molecule has 0 bridgehead atoms. The molecule has 0 saturated carbocycles. The van der Waals surface area contributed by atoms with Gasteiger partial charge >= 0.3 is 0 Å². The van der Waals surface area contributed by atoms with Gasteiger partial charge in [0.25, 0.3) is 0 Å². The molecule has 4 heteroatoms. The largest absolute Gasteiger partial charge is 0.443 e. The van der Waals surface area contributed by atoms with Gasteiger partial charge in [0, 0.05) is 13.0 Å². The van der Waals surface area contributed by atoms with E-state index in [2.05, 4.69) is 4.98 Å². The molecule has 0 unspecified atom stereocenters. The monoisotopic (exact) mass is 198 g/mol. The highest BCUT2D eigenvalue weighted by Crippen LogP contribution is 2.12. The minimum absolute atomic E-state index is 0.152. The summed E-state index contributed by atoms with van der Waals surface area (Å²) in [4.78, 5) is 4.08. The first-order valence-electron chi connectivity index (χ1n) is 4.79. The number of hydrogen-bond acceptors (Lipinski definition) is 4. The van der Waals surface area contributed by atoms with Crippen LogP contribution in [0.15, 0.2) is 10.6 Å². The van der Waals surface area contributed by atoms with Gasteiger partial charge in [0.2, 0.25) is 0 Å². The molecule has 0 fully saturated rings. The standard InChI is InChI=1S/C10H18N2O2/c1-10(2,3)13-7-8-6-12-9(14-8)4-5-11/h6H,4-5,7,11H2,1-3H3. The molecule has 0 aromatic carbocycles. The topological polar surface area (TPSA) is 61.3 Å². The molecular formula is C10H18N2O2. The minimum atomic E-state index is -0.152. The van der Waals surface area contributed by atoms with Crippen LogP contribution in [-0.2, 0) is 17.8 Å². The lowest BCUT2D eigenvalue weighted by Crippen LogP contribution is -2.18. The van der Waals surface area contributed by atoms with Gasteiger partial charge in [-0.05, 0) is 20.8 Å². The Kier molecular flexibility index (Phi) is 3.66. The molecule has 0 radical (unpaired) electrons. The van der Waals surface area contributed by atoms with Gasteiger partial charge in [0.15, 0.2) is 5.89 Å². The zero-order valence-electron chi connectivity index (χ0n) is 9.04. The Morgan fingerprint density at radius 2 is 2.21 bits per heavy atom. The molecule has 1 aromatic rings. The predicted molar refractivity (Wildman–Crippen MR) is 53.8 cm³/mol. The van der Waals surface area contributed by atoms with Crippen LogP contribution in [0.5, 0.6) is 0 Å². The molecule has 1 rings (SSSR count). The summed E-state index contributed by atoms with van der Waals surface area (Å²) in [6.45, 7) is 7.03. The summed E-state index contributed by atoms with van der Waals surface area (Å²) >= 11 is 0. The fraction of sp³-hybridized carbons (Fsp3) is 0.700. The highest BCUT2D eigenvalue weighted by atomic mass is 16.5. The van der Waals surface area contributed by atoms with Crippen molar-refractivity contribution >= 4 is 0 Å². The van der Waals surface area contributed by atoms with Gasteiger partial charge in [0.05, 0.1) is 11.8 Å². The normalized spacial score (nSPS) is 12.0. The van der Waals surface area contributed by atoms with E-state index < -0.39 is 0 Å². The number of aromatic nitrogens is 1. The second-order valence-corrected chi connectivity index (χ2v) is 4.16. The van der Waals surface area contributed by atoms with E-state index in [1.165, 1.54) is 0 Å². The van der Waals surface area contributed by atoms with Crippen molar-refractivity contribution in [1.82, 2.24) is 4.98 Å². The van der Waals surface area contributed by atoms with E-state index in [4.69, 9.17) is 14.9 Å². The molecule has 4 nitrogen and oxygen atoms in total. The van der Waals surface area contributed by atoms with Gasteiger partial charge < -0.3 is 14.9 Å². The minimum Gasteiger partial charge on any atom is -0.443 e. The SMILES string of the molecule is CC(C)(C)OCc1cnc(CCN)o1. The van der Waals surface area contributed by atoms with Crippen LogP contribution in [0.3, 0.4) is 0 Å². The van der Waals surface area contributed by atoms with E-state index in [1.807, 2.05) is 20.8 Å². The summed E-state index contributed by atoms with van der Waals surface area (Å²) < 4.78 is 10.9. The van der Waals surface area contributed by atoms with Crippen LogP contribution in [-0.4, -0.2) is 17.1 Å². The molecule has 14 heavy (non-hydrogen) atoms. The fourth-order valence-electron chi connectivity index (χ4n) is 0.941. The summed E-state index contributed by atoms with van der Waals surface area (Å²) in [6, 6.07) is 0. The molecule has 0 aliphatic rings. The summed E-state index contributed by atoms with van der Waals surface area (Å²) in [6.07, 6.45) is 2.37. The molecule has 0 aliphatic carbocycles. The third-order valence-corrected chi connectivity index (χ3v) is 1.61. The lowest BCUT2D eigenvalue weighted by Gasteiger charge is -2.18. The maximum Gasteiger partial charge on any atom is 0.195 e. The Morgan fingerprint density at radius 3 is 2.79 bits per heavy atom. The van der Waals surface area contributed by atoms with E-state index in [1.54, 1.807) is 6.20 Å². The van der Waals surface area contributed by atoms with Crippen molar-refractivity contribution in [3.63, 3.8) is 0 Å². The zero-order valence-corrected chi connectivity index (χ0v) is 9.04. The van der Waals surface area contributed by atoms with Crippen LogP contribution in [0.4, 0.5) is 0 Å². The quantitative estimate of drug-likeness (QED) is 0.796. The summed E-state index contributed by atoms with van der Waals surface area (Å²) in [5, 5.41) is 0. The molecule has 80 valence electrons. The van der Waals surface area contributed by atoms with Gasteiger partial charge in [0.1, 0.15) is 12.4 Å². The Bertz CT molecular complexity index is 276. The highest BCUT2D eigenvalue weighted by Gasteiger charge is 2.12. The smallest absolute Gasteiger partial charge is 0.195 e. The van der Waals surface area contributed by atoms with E-state index in [0.29, 0.717) is 25.5 Å². The lowest BCUT2D eigenvalue weighted by atomic mass is 10.2. The zero-order chi connectivity index (χ0) is 10.6. The lowest BCUT2D eigenvalue weighted by molar-refractivity contribution is -0.0227. The van der Waals surface area contributed by atoms with Crippen LogP contribution in [0.1, 0.15) is 32.4 Å². The number of oxazole rings is 1. The molecule has 2 N–H and O–H groups in total. The molecule has 0 atom stereocenters. The Labute approximate surface area is 84.5 Å². The summed E-state index contributed by atoms with van der Waals surface area (Å²) in [5.41, 5.74) is 5.23. The van der Waals surface area contributed by atoms with E-state index >= 15 is 0 Å². The Hall–Kier alpha value is -0.870. The molecule has 0 saturated heterocycles. The first kappa shape index (κ1) is 11.2. The Balaban J connectivity index is 2.44. The van der Waals surface area contributed by atoms with Crippen molar-refractivity contribution < 1.29 is 9.15 Å². The molecule has 1 aromatic heterocycles. The maximum atomic E-state index is 5.54. The number of nitrogens with two attached hydrogens (primary N) is 1. The van der Waals surface area contributed by atoms with Crippen LogP contribution >= 0.6 is 0 Å². The second kappa shape index (κ2) is 4.57. The van der Waals surface area contributed by atoms with Gasteiger partial charge in [-0.2, -0.15) is 0 Å². The first-order valence-corrected chi connectivity index (χ1v) is 4.79. The molecule has 0 spiro atoms. The fourth-order valence-corrected chi connectivity index (χ4v) is 0.941. The first-order chi connectivity index (χ1) is 6.51. The average molecular weight is 198 g/mol. The summed E-state index contributed by atoms with van der Waals surface area (Å²) in [5.74, 6) is 1.43. The molecule has 1 heterocycles. The van der Waals surface area contributed by atoms with Crippen LogP contribution in [0, 0.1) is 0 Å². The van der Waals surface area contributed by atoms with Crippen LogP contribution in [0.2, 0.25) is 0 Å². The van der Waals surface area contributed by atoms with E-state index in [0.717, 1.165) is 5.76 Å². The predicted octanol–water partition coefficient (Wildman–Crippen LogP) is 1.49. The van der Waals surface area contributed by atoms with Crippen LogP contribution < -0.4 is 5.73 Å². The van der Waals surface area contributed by atoms with Gasteiger partial charge in [-0.1, -0.05) is 0 Å². The number of hydrogen-bond donors (Lipinski definition) is 1. The van der Waals surface area contributed by atoms with E-state index in [-0.39, 0.29) is 5.60 Å². The highest BCUT2D eigenvalue weighted by molar-refractivity contribution is 4.93. The second-order valence-electron chi connectivity index (χ2n) is 4.16. The molecule has 0 aliphatic heterocycles. The van der Waals surface area contributed by atoms with Gasteiger partial charge in [-0.25, -0.2) is 4.98 Å². The van der Waals surface area contributed by atoms with Crippen molar-refractivity contribution in [2.24, 2.45) is 5.73 Å². The third kappa shape index (κ3) is 3.89. The van der Waals surface area contributed by atoms with Crippen molar-refractivity contribution in [3.05, 3.63) is 17.8 Å². The van der Waals surface area contributed by atoms with Crippen molar-refractivity contribution in [1.29, 1.82) is 0 Å². The number of nitrogens with zero attached hydrogens (tertiary/aromatic N) is 1. The Morgan fingerprint density at radius 1 is 1.50 bits per heavy atom. The van der Waals surface area contributed by atoms with Crippen molar-refractivity contribution in [2.75, 3.05) is 6.54 Å². The average Bonchev–Trinajstić information content (AvgIpc) is 2.49. The molecular weight excluding hydrogens is 180 g/mol. The van der Waals surface area contributed by atoms with Gasteiger partial charge in [-0.3, -0.25) is 0 Å². The number of rotatable bonds is 4. The third-order valence-electron chi connectivity index (χ3n) is 1.61. The van der Waals surface area contributed by atoms with Crippen molar-refractivity contribution in [3.8, 4) is 0 Å². The van der Waals surface area contributed by atoms with Crippen molar-refractivity contribution in [2.45, 2.75) is 39.4 Å².